The van der Waals surface area contributed by atoms with Crippen molar-refractivity contribution in [2.45, 2.75) is 6.23 Å². The summed E-state index contributed by atoms with van der Waals surface area (Å²) in [6, 6.07) is 9.12. The highest BCUT2D eigenvalue weighted by Crippen LogP contribution is 2.06. The van der Waals surface area contributed by atoms with Crippen molar-refractivity contribution in [3.8, 4) is 0 Å². The molecule has 0 heterocycles. The van der Waals surface area contributed by atoms with Gasteiger partial charge in [0.05, 0.1) is 0 Å². The molecule has 4 nitrogen and oxygen atoms in total. The summed E-state index contributed by atoms with van der Waals surface area (Å²) in [7, 11) is 0. The van der Waals surface area contributed by atoms with E-state index in [0.717, 1.165) is 5.56 Å². The van der Waals surface area contributed by atoms with Crippen LogP contribution in [0.3, 0.4) is 0 Å². The Balaban J connectivity index is 2.49. The summed E-state index contributed by atoms with van der Waals surface area (Å²) in [6.07, 6.45) is -0.817. The molecule has 0 aromatic heterocycles. The van der Waals surface area contributed by atoms with Crippen LogP contribution in [0, 0.1) is 0 Å². The molecule has 0 saturated carbocycles. The molecule has 0 saturated heterocycles. The van der Waals surface area contributed by atoms with Crippen molar-refractivity contribution in [2.75, 3.05) is 0 Å². The Hall–Kier alpha value is -1.17. The zero-order valence-corrected chi connectivity index (χ0v) is 7.71. The van der Waals surface area contributed by atoms with E-state index in [9.17, 15) is 5.11 Å². The molecule has 1 atom stereocenters. The number of hydrogen-bond donors (Lipinski definition) is 4. The van der Waals surface area contributed by atoms with Gasteiger partial charge >= 0.3 is 0 Å². The largest absolute Gasteiger partial charge is 0.375 e. The van der Waals surface area contributed by atoms with Crippen molar-refractivity contribution in [1.82, 2.24) is 10.9 Å². The SMILES string of the molecule is NC(=S)NNC(O)c1ccccc1. The fourth-order valence-corrected chi connectivity index (χ4v) is 0.917. The Bertz CT molecular complexity index is 278. The van der Waals surface area contributed by atoms with Crippen LogP contribution in [-0.4, -0.2) is 10.2 Å². The van der Waals surface area contributed by atoms with Crippen molar-refractivity contribution in [2.24, 2.45) is 5.73 Å². The van der Waals surface area contributed by atoms with Gasteiger partial charge in [0.1, 0.15) is 6.23 Å². The van der Waals surface area contributed by atoms with E-state index in [2.05, 4.69) is 23.1 Å². The fraction of sp³-hybridized carbons (Fsp3) is 0.125. The Morgan fingerprint density at radius 3 is 2.54 bits per heavy atom. The molecule has 1 unspecified atom stereocenters. The normalized spacial score (nSPS) is 12.1. The van der Waals surface area contributed by atoms with Gasteiger partial charge in [0.2, 0.25) is 0 Å². The first-order chi connectivity index (χ1) is 6.20. The van der Waals surface area contributed by atoms with Crippen molar-refractivity contribution < 1.29 is 5.11 Å². The molecule has 70 valence electrons. The van der Waals surface area contributed by atoms with Crippen LogP contribution >= 0.6 is 12.2 Å². The molecule has 0 bridgehead atoms. The quantitative estimate of drug-likeness (QED) is 0.312. The first-order valence-electron chi connectivity index (χ1n) is 3.74. The maximum absolute atomic E-state index is 9.48. The van der Waals surface area contributed by atoms with E-state index in [1.54, 1.807) is 12.1 Å². The van der Waals surface area contributed by atoms with Gasteiger partial charge in [0, 0.05) is 0 Å². The van der Waals surface area contributed by atoms with Crippen LogP contribution in [0.15, 0.2) is 30.3 Å². The monoisotopic (exact) mass is 197 g/mol. The van der Waals surface area contributed by atoms with Gasteiger partial charge in [0.15, 0.2) is 5.11 Å². The molecule has 0 aliphatic carbocycles. The fourth-order valence-electron chi connectivity index (χ4n) is 0.858. The van der Waals surface area contributed by atoms with E-state index in [0.29, 0.717) is 0 Å². The van der Waals surface area contributed by atoms with Crippen LogP contribution in [0.2, 0.25) is 0 Å². The lowest BCUT2D eigenvalue weighted by Gasteiger charge is -2.13. The van der Waals surface area contributed by atoms with Gasteiger partial charge in [-0.15, -0.1) is 0 Å². The maximum Gasteiger partial charge on any atom is 0.178 e. The number of rotatable bonds is 3. The summed E-state index contributed by atoms with van der Waals surface area (Å²) in [6.45, 7) is 0. The molecule has 1 rings (SSSR count). The van der Waals surface area contributed by atoms with Crippen LogP contribution in [0.1, 0.15) is 11.8 Å². The minimum absolute atomic E-state index is 0.0926. The molecule has 0 fully saturated rings. The van der Waals surface area contributed by atoms with E-state index >= 15 is 0 Å². The third-order valence-electron chi connectivity index (χ3n) is 1.45. The highest BCUT2D eigenvalue weighted by molar-refractivity contribution is 7.80. The first kappa shape index (κ1) is 9.91. The average Bonchev–Trinajstić information content (AvgIpc) is 2.15. The average molecular weight is 197 g/mol. The summed E-state index contributed by atoms with van der Waals surface area (Å²) < 4.78 is 0. The summed E-state index contributed by atoms with van der Waals surface area (Å²) in [4.78, 5) is 0. The van der Waals surface area contributed by atoms with E-state index in [-0.39, 0.29) is 5.11 Å². The van der Waals surface area contributed by atoms with Gasteiger partial charge in [-0.05, 0) is 17.8 Å². The summed E-state index contributed by atoms with van der Waals surface area (Å²) in [5, 5.41) is 9.57. The molecular formula is C8H11N3OS. The lowest BCUT2D eigenvalue weighted by Crippen LogP contribution is -2.42. The molecule has 1 aromatic carbocycles. The number of benzene rings is 1. The van der Waals surface area contributed by atoms with E-state index < -0.39 is 6.23 Å². The predicted molar refractivity (Wildman–Crippen MR) is 54.5 cm³/mol. The minimum atomic E-state index is -0.817. The minimum Gasteiger partial charge on any atom is -0.375 e. The van der Waals surface area contributed by atoms with E-state index in [1.807, 2.05) is 18.2 Å². The molecule has 0 spiro atoms. The third-order valence-corrected chi connectivity index (χ3v) is 1.55. The van der Waals surface area contributed by atoms with Crippen molar-refractivity contribution >= 4 is 17.3 Å². The molecule has 5 N–H and O–H groups in total. The summed E-state index contributed by atoms with van der Waals surface area (Å²) in [5.41, 5.74) is 10.9. The molecule has 1 aromatic rings. The molecule has 13 heavy (non-hydrogen) atoms. The maximum atomic E-state index is 9.48. The van der Waals surface area contributed by atoms with Gasteiger partial charge in [0.25, 0.3) is 0 Å². The lowest BCUT2D eigenvalue weighted by molar-refractivity contribution is 0.130. The van der Waals surface area contributed by atoms with E-state index in [1.165, 1.54) is 0 Å². The van der Waals surface area contributed by atoms with Gasteiger partial charge in [-0.1, -0.05) is 30.3 Å². The van der Waals surface area contributed by atoms with Crippen molar-refractivity contribution in [3.63, 3.8) is 0 Å². The van der Waals surface area contributed by atoms with Crippen LogP contribution < -0.4 is 16.6 Å². The molecule has 0 aliphatic rings. The molecule has 0 aliphatic heterocycles. The number of aliphatic hydroxyl groups is 1. The third kappa shape index (κ3) is 3.37. The number of hydrazine groups is 1. The standard InChI is InChI=1S/C8H11N3OS/c9-8(13)11-10-7(12)6-4-2-1-3-5-6/h1-5,7,10,12H,(H3,9,11,13). The van der Waals surface area contributed by atoms with Crippen LogP contribution in [0.4, 0.5) is 0 Å². The van der Waals surface area contributed by atoms with Crippen LogP contribution in [-0.2, 0) is 0 Å². The molecular weight excluding hydrogens is 186 g/mol. The van der Waals surface area contributed by atoms with Gasteiger partial charge in [-0.2, -0.15) is 0 Å². The van der Waals surface area contributed by atoms with Gasteiger partial charge in [-0.3, -0.25) is 5.43 Å². The summed E-state index contributed by atoms with van der Waals surface area (Å²) in [5.74, 6) is 0. The number of thiocarbonyl (C=S) groups is 1. The topological polar surface area (TPSA) is 70.3 Å². The smallest absolute Gasteiger partial charge is 0.178 e. The second-order valence-corrected chi connectivity index (χ2v) is 2.89. The van der Waals surface area contributed by atoms with Crippen molar-refractivity contribution in [3.05, 3.63) is 35.9 Å². The van der Waals surface area contributed by atoms with Gasteiger partial charge in [-0.25, -0.2) is 5.43 Å². The Labute approximate surface area is 81.7 Å². The van der Waals surface area contributed by atoms with E-state index in [4.69, 9.17) is 5.73 Å². The Morgan fingerprint density at radius 2 is 2.00 bits per heavy atom. The second kappa shape index (κ2) is 4.76. The van der Waals surface area contributed by atoms with Gasteiger partial charge < -0.3 is 10.8 Å². The number of aliphatic hydroxyl groups excluding tert-OH is 1. The number of nitrogens with two attached hydrogens (primary N) is 1. The van der Waals surface area contributed by atoms with Crippen LogP contribution in [0.5, 0.6) is 0 Å². The zero-order chi connectivity index (χ0) is 9.68. The zero-order valence-electron chi connectivity index (χ0n) is 6.90. The molecule has 5 heteroatoms. The van der Waals surface area contributed by atoms with Crippen molar-refractivity contribution in [1.29, 1.82) is 0 Å². The molecule has 0 amide bonds. The van der Waals surface area contributed by atoms with Crippen LogP contribution in [0.25, 0.3) is 0 Å². The second-order valence-electron chi connectivity index (χ2n) is 2.45. The highest BCUT2D eigenvalue weighted by atomic mass is 32.1. The Morgan fingerprint density at radius 1 is 1.38 bits per heavy atom. The predicted octanol–water partition coefficient (Wildman–Crippen LogP) is 0.0153. The number of hydrogen-bond acceptors (Lipinski definition) is 3. The number of nitrogens with one attached hydrogen (secondary N) is 2. The molecule has 0 radical (unpaired) electrons. The summed E-state index contributed by atoms with van der Waals surface area (Å²) >= 11 is 4.56. The first-order valence-corrected chi connectivity index (χ1v) is 4.15. The lowest BCUT2D eigenvalue weighted by atomic mass is 10.2. The highest BCUT2D eigenvalue weighted by Gasteiger charge is 2.04. The Kier molecular flexibility index (Phi) is 3.63.